The molecular formula is C27H31N3O4. The highest BCUT2D eigenvalue weighted by molar-refractivity contribution is 5.81. The van der Waals surface area contributed by atoms with Gasteiger partial charge in [0.25, 0.3) is 0 Å². The number of nitrogens with zero attached hydrogens (tertiary/aromatic N) is 2. The van der Waals surface area contributed by atoms with Gasteiger partial charge in [0.15, 0.2) is 0 Å². The first-order valence-corrected chi connectivity index (χ1v) is 11.3. The summed E-state index contributed by atoms with van der Waals surface area (Å²) in [7, 11) is 1.31. The normalized spacial score (nSPS) is 12.0. The number of ether oxygens (including phenoxy) is 2. The van der Waals surface area contributed by atoms with Crippen LogP contribution in [0.5, 0.6) is 0 Å². The summed E-state index contributed by atoms with van der Waals surface area (Å²) in [6.45, 7) is 5.31. The molecule has 34 heavy (non-hydrogen) atoms. The highest BCUT2D eigenvalue weighted by Gasteiger charge is 2.24. The second kappa shape index (κ2) is 11.4. The number of rotatable bonds is 8. The lowest BCUT2D eigenvalue weighted by atomic mass is 9.97. The molecule has 0 saturated carbocycles. The van der Waals surface area contributed by atoms with Crippen LogP contribution in [0.1, 0.15) is 39.2 Å². The summed E-state index contributed by atoms with van der Waals surface area (Å²) >= 11 is 0. The summed E-state index contributed by atoms with van der Waals surface area (Å²) in [5, 5.41) is 2.63. The maximum Gasteiger partial charge on any atom is 0.408 e. The average Bonchev–Trinajstić information content (AvgIpc) is 2.82. The number of hydrogen-bond donors (Lipinski definition) is 1. The molecule has 7 heteroatoms. The van der Waals surface area contributed by atoms with Gasteiger partial charge in [-0.05, 0) is 88.1 Å². The van der Waals surface area contributed by atoms with Crippen molar-refractivity contribution < 1.29 is 19.1 Å². The molecule has 1 amide bonds. The molecule has 0 aliphatic carbocycles. The van der Waals surface area contributed by atoms with E-state index in [9.17, 15) is 9.59 Å². The number of nitrogens with one attached hydrogen (secondary N) is 1. The van der Waals surface area contributed by atoms with Crippen molar-refractivity contribution in [2.24, 2.45) is 0 Å². The zero-order chi connectivity index (χ0) is 24.6. The van der Waals surface area contributed by atoms with Gasteiger partial charge in [-0.2, -0.15) is 0 Å². The molecule has 0 spiro atoms. The molecule has 2 heterocycles. The van der Waals surface area contributed by atoms with E-state index in [1.807, 2.05) is 36.4 Å². The molecule has 0 radical (unpaired) electrons. The molecule has 1 atom stereocenters. The van der Waals surface area contributed by atoms with E-state index >= 15 is 0 Å². The molecule has 3 aromatic rings. The highest BCUT2D eigenvalue weighted by Crippen LogP contribution is 2.27. The minimum atomic E-state index is -0.783. The van der Waals surface area contributed by atoms with Crippen LogP contribution in [-0.4, -0.2) is 40.8 Å². The molecule has 178 valence electrons. The van der Waals surface area contributed by atoms with Crippen molar-refractivity contribution in [1.29, 1.82) is 0 Å². The van der Waals surface area contributed by atoms with Gasteiger partial charge in [0.2, 0.25) is 0 Å². The van der Waals surface area contributed by atoms with Crippen molar-refractivity contribution in [1.82, 2.24) is 15.3 Å². The van der Waals surface area contributed by atoms with Gasteiger partial charge in [-0.15, -0.1) is 0 Å². The van der Waals surface area contributed by atoms with Crippen LogP contribution < -0.4 is 5.32 Å². The fraction of sp³-hybridized carbons (Fsp3) is 0.333. The maximum atomic E-state index is 12.2. The molecule has 3 rings (SSSR count). The van der Waals surface area contributed by atoms with Crippen LogP contribution in [0.25, 0.3) is 22.5 Å². The molecule has 0 bridgehead atoms. The average molecular weight is 462 g/mol. The van der Waals surface area contributed by atoms with Crippen LogP contribution in [0.15, 0.2) is 67.0 Å². The number of amides is 1. The van der Waals surface area contributed by atoms with Crippen molar-refractivity contribution in [2.45, 2.75) is 51.7 Å². The van der Waals surface area contributed by atoms with E-state index < -0.39 is 23.7 Å². The highest BCUT2D eigenvalue weighted by atomic mass is 16.6. The topological polar surface area (TPSA) is 90.4 Å². The van der Waals surface area contributed by atoms with Crippen LogP contribution in [0.2, 0.25) is 0 Å². The van der Waals surface area contributed by atoms with Gasteiger partial charge in [0, 0.05) is 23.5 Å². The fourth-order valence-electron chi connectivity index (χ4n) is 3.55. The Morgan fingerprint density at radius 3 is 2.00 bits per heavy atom. The third-order valence-corrected chi connectivity index (χ3v) is 5.05. The second-order valence-corrected chi connectivity index (χ2v) is 8.96. The molecule has 7 nitrogen and oxygen atoms in total. The quantitative estimate of drug-likeness (QED) is 0.464. The predicted octanol–water partition coefficient (Wildman–Crippen LogP) is 5.20. The number of alkyl carbamates (subject to hydrolysis) is 1. The fourth-order valence-corrected chi connectivity index (χ4v) is 3.55. The SMILES string of the molecule is COC(=O)[C@H](CCCc1cc(-c2ccccn2)cc(-c2ccccn2)c1)NC(=O)OC(C)(C)C. The van der Waals surface area contributed by atoms with Gasteiger partial charge in [0.05, 0.1) is 18.5 Å². The van der Waals surface area contributed by atoms with Crippen molar-refractivity contribution in [3.63, 3.8) is 0 Å². The van der Waals surface area contributed by atoms with Gasteiger partial charge in [-0.1, -0.05) is 12.1 Å². The van der Waals surface area contributed by atoms with E-state index in [4.69, 9.17) is 9.47 Å². The van der Waals surface area contributed by atoms with Gasteiger partial charge in [-0.25, -0.2) is 9.59 Å². The molecule has 1 N–H and O–H groups in total. The molecule has 0 fully saturated rings. The Hall–Kier alpha value is -3.74. The molecule has 0 saturated heterocycles. The Morgan fingerprint density at radius 2 is 1.53 bits per heavy atom. The third kappa shape index (κ3) is 7.40. The molecule has 0 unspecified atom stereocenters. The maximum absolute atomic E-state index is 12.2. The zero-order valence-corrected chi connectivity index (χ0v) is 20.1. The zero-order valence-electron chi connectivity index (χ0n) is 20.1. The molecule has 2 aromatic heterocycles. The Labute approximate surface area is 200 Å². The largest absolute Gasteiger partial charge is 0.467 e. The van der Waals surface area contributed by atoms with E-state index in [1.54, 1.807) is 33.2 Å². The third-order valence-electron chi connectivity index (χ3n) is 5.05. The number of carbonyl (C=O) groups is 2. The summed E-state index contributed by atoms with van der Waals surface area (Å²) in [4.78, 5) is 33.4. The van der Waals surface area contributed by atoms with Crippen molar-refractivity contribution in [3.8, 4) is 22.5 Å². The predicted molar refractivity (Wildman–Crippen MR) is 131 cm³/mol. The summed E-state index contributed by atoms with van der Waals surface area (Å²) < 4.78 is 10.2. The first-order chi connectivity index (χ1) is 16.2. The van der Waals surface area contributed by atoms with Crippen LogP contribution in [-0.2, 0) is 20.7 Å². The minimum absolute atomic E-state index is 0.415. The number of methoxy groups -OCH3 is 1. The lowest BCUT2D eigenvalue weighted by molar-refractivity contribution is -0.143. The van der Waals surface area contributed by atoms with Gasteiger partial charge in [0.1, 0.15) is 11.6 Å². The molecular weight excluding hydrogens is 430 g/mol. The lowest BCUT2D eigenvalue weighted by Crippen LogP contribution is -2.44. The van der Waals surface area contributed by atoms with Crippen LogP contribution >= 0.6 is 0 Å². The van der Waals surface area contributed by atoms with E-state index in [0.29, 0.717) is 19.3 Å². The van der Waals surface area contributed by atoms with Crippen LogP contribution in [0.3, 0.4) is 0 Å². The summed E-state index contributed by atoms with van der Waals surface area (Å²) in [5.41, 5.74) is 4.18. The first kappa shape index (κ1) is 24.9. The van der Waals surface area contributed by atoms with E-state index in [0.717, 1.165) is 28.1 Å². The Kier molecular flexibility index (Phi) is 8.35. The van der Waals surface area contributed by atoms with E-state index in [2.05, 4.69) is 33.5 Å². The molecule has 0 aliphatic rings. The monoisotopic (exact) mass is 461 g/mol. The Morgan fingerprint density at radius 1 is 0.941 bits per heavy atom. The first-order valence-electron chi connectivity index (χ1n) is 11.3. The van der Waals surface area contributed by atoms with Gasteiger partial charge < -0.3 is 14.8 Å². The Balaban J connectivity index is 1.77. The van der Waals surface area contributed by atoms with Gasteiger partial charge >= 0.3 is 12.1 Å². The van der Waals surface area contributed by atoms with Crippen molar-refractivity contribution in [2.75, 3.05) is 7.11 Å². The van der Waals surface area contributed by atoms with Crippen LogP contribution in [0.4, 0.5) is 4.79 Å². The standard InChI is InChI=1S/C27H31N3O4/c1-27(2,3)34-26(32)30-24(25(31)33-4)13-9-10-19-16-20(22-11-5-7-14-28-22)18-21(17-19)23-12-6-8-15-29-23/h5-8,11-12,14-18,24H,9-10,13H2,1-4H3,(H,30,32)/t24-/m0/s1. The smallest absolute Gasteiger partial charge is 0.408 e. The molecule has 1 aromatic carbocycles. The van der Waals surface area contributed by atoms with Crippen molar-refractivity contribution in [3.05, 3.63) is 72.6 Å². The number of hydrogen-bond acceptors (Lipinski definition) is 6. The van der Waals surface area contributed by atoms with E-state index in [-0.39, 0.29) is 0 Å². The number of esters is 1. The minimum Gasteiger partial charge on any atom is -0.467 e. The van der Waals surface area contributed by atoms with E-state index in [1.165, 1.54) is 7.11 Å². The number of pyridine rings is 2. The Bertz CT molecular complexity index is 1040. The number of aromatic nitrogens is 2. The lowest BCUT2D eigenvalue weighted by Gasteiger charge is -2.22. The molecule has 0 aliphatic heterocycles. The van der Waals surface area contributed by atoms with Gasteiger partial charge in [-0.3, -0.25) is 9.97 Å². The van der Waals surface area contributed by atoms with Crippen molar-refractivity contribution >= 4 is 12.1 Å². The van der Waals surface area contributed by atoms with Crippen LogP contribution in [0, 0.1) is 0 Å². The summed E-state index contributed by atoms with van der Waals surface area (Å²) in [6.07, 6.45) is 4.67. The summed E-state index contributed by atoms with van der Waals surface area (Å²) in [6, 6.07) is 17.1. The number of benzene rings is 1. The second-order valence-electron chi connectivity index (χ2n) is 8.96. The number of aryl methyl sites for hydroxylation is 1. The number of carbonyl (C=O) groups excluding carboxylic acids is 2. The summed E-state index contributed by atoms with van der Waals surface area (Å²) in [5.74, 6) is -0.498.